The zero-order chi connectivity index (χ0) is 16.3. The zero-order valence-corrected chi connectivity index (χ0v) is 13.2. The van der Waals surface area contributed by atoms with Crippen LogP contribution >= 0.6 is 0 Å². The molecule has 22 heavy (non-hydrogen) atoms. The number of nitrogens with zero attached hydrogens (tertiary/aromatic N) is 1. The predicted octanol–water partition coefficient (Wildman–Crippen LogP) is 2.58. The van der Waals surface area contributed by atoms with Gasteiger partial charge in [0.15, 0.2) is 0 Å². The van der Waals surface area contributed by atoms with E-state index in [4.69, 9.17) is 5.11 Å². The summed E-state index contributed by atoms with van der Waals surface area (Å²) in [5.74, 6) is -1.21. The van der Waals surface area contributed by atoms with Crippen molar-refractivity contribution in [3.8, 4) is 0 Å². The fourth-order valence-electron chi connectivity index (χ4n) is 2.13. The zero-order valence-electron chi connectivity index (χ0n) is 12.4. The number of sulfonamides is 1. The Morgan fingerprint density at radius 1 is 1.09 bits per heavy atom. The molecule has 6 heteroatoms. The molecule has 5 nitrogen and oxygen atoms in total. The van der Waals surface area contributed by atoms with Crippen molar-refractivity contribution in [2.24, 2.45) is 0 Å². The third-order valence-corrected chi connectivity index (χ3v) is 5.02. The van der Waals surface area contributed by atoms with Crippen molar-refractivity contribution in [3.63, 3.8) is 0 Å². The van der Waals surface area contributed by atoms with E-state index in [1.165, 1.54) is 12.1 Å². The van der Waals surface area contributed by atoms with Crippen LogP contribution in [0.2, 0.25) is 0 Å². The van der Waals surface area contributed by atoms with E-state index in [0.29, 0.717) is 11.3 Å². The summed E-state index contributed by atoms with van der Waals surface area (Å²) in [6.45, 7) is 2.96. The minimum absolute atomic E-state index is 0.0668. The molecule has 2 aromatic carbocycles. The molecule has 0 fully saturated rings. The molecule has 0 saturated carbocycles. The van der Waals surface area contributed by atoms with Crippen molar-refractivity contribution in [2.45, 2.75) is 18.7 Å². The van der Waals surface area contributed by atoms with Crippen molar-refractivity contribution >= 4 is 21.7 Å². The lowest BCUT2D eigenvalue weighted by Gasteiger charge is -2.24. The minimum Gasteiger partial charge on any atom is -0.480 e. The summed E-state index contributed by atoms with van der Waals surface area (Å²) in [5, 5.41) is 9.11. The number of aryl methyl sites for hydroxylation is 2. The molecule has 0 aliphatic heterocycles. The molecule has 0 radical (unpaired) electrons. The van der Waals surface area contributed by atoms with Gasteiger partial charge in [0.2, 0.25) is 0 Å². The molecule has 0 saturated heterocycles. The van der Waals surface area contributed by atoms with Crippen LogP contribution in [0.1, 0.15) is 11.1 Å². The molecule has 0 aliphatic carbocycles. The fourth-order valence-corrected chi connectivity index (χ4v) is 3.62. The van der Waals surface area contributed by atoms with E-state index in [1.54, 1.807) is 37.3 Å². The molecular formula is C16H17NO4S. The van der Waals surface area contributed by atoms with Gasteiger partial charge in [0, 0.05) is 0 Å². The second-order valence-corrected chi connectivity index (χ2v) is 6.87. The number of carboxylic acid groups (broad SMARTS) is 1. The van der Waals surface area contributed by atoms with Crippen LogP contribution in [0.15, 0.2) is 53.4 Å². The van der Waals surface area contributed by atoms with Gasteiger partial charge in [-0.1, -0.05) is 30.3 Å². The molecule has 0 atom stereocenters. The van der Waals surface area contributed by atoms with Crippen molar-refractivity contribution in [1.82, 2.24) is 0 Å². The number of carboxylic acids is 1. The summed E-state index contributed by atoms with van der Waals surface area (Å²) in [6, 6.07) is 13.1. The van der Waals surface area contributed by atoms with E-state index >= 15 is 0 Å². The first kappa shape index (κ1) is 16.0. The van der Waals surface area contributed by atoms with Crippen molar-refractivity contribution < 1.29 is 18.3 Å². The Kier molecular flexibility index (Phi) is 4.51. The highest BCUT2D eigenvalue weighted by molar-refractivity contribution is 7.92. The summed E-state index contributed by atoms with van der Waals surface area (Å²) in [4.78, 5) is 11.2. The molecule has 0 spiro atoms. The third kappa shape index (κ3) is 3.28. The molecule has 0 amide bonds. The Morgan fingerprint density at radius 2 is 1.73 bits per heavy atom. The lowest BCUT2D eigenvalue weighted by molar-refractivity contribution is -0.135. The predicted molar refractivity (Wildman–Crippen MR) is 84.5 cm³/mol. The van der Waals surface area contributed by atoms with Crippen LogP contribution in [-0.2, 0) is 14.8 Å². The topological polar surface area (TPSA) is 74.7 Å². The van der Waals surface area contributed by atoms with Gasteiger partial charge in [-0.25, -0.2) is 8.42 Å². The number of benzene rings is 2. The Balaban J connectivity index is 2.60. The van der Waals surface area contributed by atoms with Gasteiger partial charge in [-0.05, 0) is 43.2 Å². The third-order valence-electron chi connectivity index (χ3n) is 3.24. The van der Waals surface area contributed by atoms with E-state index in [-0.39, 0.29) is 4.90 Å². The molecule has 0 aliphatic rings. The average molecular weight is 319 g/mol. The van der Waals surface area contributed by atoms with E-state index in [2.05, 4.69) is 0 Å². The molecule has 0 aromatic heterocycles. The van der Waals surface area contributed by atoms with Gasteiger partial charge >= 0.3 is 5.97 Å². The Labute approximate surface area is 129 Å². The standard InChI is InChI=1S/C16H17NO4S/c1-12-8-9-13(2)15(10-12)17(11-16(18)19)22(20,21)14-6-4-3-5-7-14/h3-10H,11H2,1-2H3,(H,18,19). The van der Waals surface area contributed by atoms with E-state index in [9.17, 15) is 13.2 Å². The second-order valence-electron chi connectivity index (χ2n) is 5.01. The molecular weight excluding hydrogens is 302 g/mol. The lowest BCUT2D eigenvalue weighted by atomic mass is 10.1. The van der Waals surface area contributed by atoms with Crippen molar-refractivity contribution in [3.05, 3.63) is 59.7 Å². The van der Waals surface area contributed by atoms with Crippen LogP contribution in [0.3, 0.4) is 0 Å². The molecule has 0 unspecified atom stereocenters. The summed E-state index contributed by atoms with van der Waals surface area (Å²) in [5.41, 5.74) is 1.94. The molecule has 1 N–H and O–H groups in total. The first-order valence-electron chi connectivity index (χ1n) is 6.69. The lowest BCUT2D eigenvalue weighted by Crippen LogP contribution is -2.36. The Morgan fingerprint density at radius 3 is 2.32 bits per heavy atom. The minimum atomic E-state index is -3.94. The number of aliphatic carboxylic acids is 1. The van der Waals surface area contributed by atoms with Crippen LogP contribution in [0.5, 0.6) is 0 Å². The monoisotopic (exact) mass is 319 g/mol. The largest absolute Gasteiger partial charge is 0.480 e. The van der Waals surface area contributed by atoms with Crippen LogP contribution in [0.4, 0.5) is 5.69 Å². The highest BCUT2D eigenvalue weighted by Crippen LogP contribution is 2.27. The van der Waals surface area contributed by atoms with E-state index in [0.717, 1.165) is 9.87 Å². The molecule has 2 aromatic rings. The van der Waals surface area contributed by atoms with E-state index < -0.39 is 22.5 Å². The van der Waals surface area contributed by atoms with Gasteiger partial charge in [0.1, 0.15) is 6.54 Å². The first-order chi connectivity index (χ1) is 10.3. The maximum Gasteiger partial charge on any atom is 0.324 e. The molecule has 116 valence electrons. The number of hydrogen-bond donors (Lipinski definition) is 1. The van der Waals surface area contributed by atoms with Crippen LogP contribution in [0, 0.1) is 13.8 Å². The van der Waals surface area contributed by atoms with Crippen molar-refractivity contribution in [1.29, 1.82) is 0 Å². The van der Waals surface area contributed by atoms with Crippen LogP contribution in [0.25, 0.3) is 0 Å². The quantitative estimate of drug-likeness (QED) is 0.919. The number of anilines is 1. The molecule has 2 rings (SSSR count). The van der Waals surface area contributed by atoms with Gasteiger partial charge in [-0.3, -0.25) is 9.10 Å². The summed E-state index contributed by atoms with van der Waals surface area (Å²) >= 11 is 0. The van der Waals surface area contributed by atoms with Gasteiger partial charge in [0.05, 0.1) is 10.6 Å². The first-order valence-corrected chi connectivity index (χ1v) is 8.13. The Bertz CT molecular complexity index is 785. The summed E-state index contributed by atoms with van der Waals surface area (Å²) in [6.07, 6.45) is 0. The maximum absolute atomic E-state index is 12.8. The van der Waals surface area contributed by atoms with E-state index in [1.807, 2.05) is 13.0 Å². The number of hydrogen-bond acceptors (Lipinski definition) is 3. The van der Waals surface area contributed by atoms with Gasteiger partial charge in [-0.2, -0.15) is 0 Å². The number of carbonyl (C=O) groups is 1. The summed E-state index contributed by atoms with van der Waals surface area (Å²) < 4.78 is 26.5. The molecule has 0 heterocycles. The normalized spacial score (nSPS) is 11.2. The maximum atomic E-state index is 12.8. The molecule has 0 bridgehead atoms. The van der Waals surface area contributed by atoms with Gasteiger partial charge < -0.3 is 5.11 Å². The number of rotatable bonds is 5. The van der Waals surface area contributed by atoms with Crippen molar-refractivity contribution in [2.75, 3.05) is 10.8 Å². The fraction of sp³-hybridized carbons (Fsp3) is 0.188. The van der Waals surface area contributed by atoms with Gasteiger partial charge in [0.25, 0.3) is 10.0 Å². The SMILES string of the molecule is Cc1ccc(C)c(N(CC(=O)O)S(=O)(=O)c2ccccc2)c1. The van der Waals surface area contributed by atoms with Gasteiger partial charge in [-0.15, -0.1) is 0 Å². The summed E-state index contributed by atoms with van der Waals surface area (Å²) in [7, 11) is -3.94. The Hall–Kier alpha value is -2.34. The second kappa shape index (κ2) is 6.19. The highest BCUT2D eigenvalue weighted by Gasteiger charge is 2.28. The average Bonchev–Trinajstić information content (AvgIpc) is 2.48. The highest BCUT2D eigenvalue weighted by atomic mass is 32.2. The smallest absolute Gasteiger partial charge is 0.324 e. The van der Waals surface area contributed by atoms with Crippen LogP contribution < -0.4 is 4.31 Å². The van der Waals surface area contributed by atoms with Crippen LogP contribution in [-0.4, -0.2) is 26.0 Å².